The number of anilines is 1. The number of carbonyl (C=O) groups is 3. The van der Waals surface area contributed by atoms with Crippen molar-refractivity contribution in [3.63, 3.8) is 0 Å². The van der Waals surface area contributed by atoms with Crippen LogP contribution in [0.5, 0.6) is 0 Å². The van der Waals surface area contributed by atoms with Gasteiger partial charge in [-0.15, -0.1) is 0 Å². The molecule has 2 aliphatic rings. The standard InChI is InChI=1S/C29H26BrN9O3/c1-14-4-5-22(30)35-27(14)36-28(42)20-8-29(3)9-21(29)39(20)23(40)13-38-25-17(10-31)6-16(18-11-33-15(2)34-12-18)7-19(25)24(37-38)26(32)41/h4-7,11-12,20-21H,8-9,13H2,1-3H3,(H2,32,41)(H,35,36,42)/t20-,21+,29-/m0/s1. The van der Waals surface area contributed by atoms with E-state index in [2.05, 4.69) is 54.3 Å². The van der Waals surface area contributed by atoms with Gasteiger partial charge in [-0.25, -0.2) is 15.0 Å². The number of carbonyl (C=O) groups excluding carboxylic acids is 3. The van der Waals surface area contributed by atoms with Gasteiger partial charge in [0.2, 0.25) is 11.8 Å². The zero-order valence-corrected chi connectivity index (χ0v) is 24.6. The van der Waals surface area contributed by atoms with Crippen LogP contribution in [0.1, 0.15) is 47.2 Å². The highest BCUT2D eigenvalue weighted by Crippen LogP contribution is 2.59. The van der Waals surface area contributed by atoms with Gasteiger partial charge in [-0.05, 0) is 77.4 Å². The SMILES string of the molecule is Cc1ncc(-c2cc(C#N)c3c(c2)c(C(N)=O)nn3CC(=O)N2[C@H](C(=O)Nc3nc(Br)ccc3C)C[C@@]3(C)C[C@@H]23)cn1. The maximum absolute atomic E-state index is 13.9. The van der Waals surface area contributed by atoms with Crippen LogP contribution in [0.2, 0.25) is 0 Å². The Kier molecular flexibility index (Phi) is 6.53. The van der Waals surface area contributed by atoms with Crippen molar-refractivity contribution >= 4 is 50.4 Å². The van der Waals surface area contributed by atoms with Crippen molar-refractivity contribution in [3.05, 3.63) is 63.9 Å². The Morgan fingerprint density at radius 3 is 2.60 bits per heavy atom. The second-order valence-corrected chi connectivity index (χ2v) is 11.9. The Hall–Kier alpha value is -4.70. The predicted molar refractivity (Wildman–Crippen MR) is 156 cm³/mol. The van der Waals surface area contributed by atoms with Gasteiger partial charge in [0.05, 0.1) is 11.1 Å². The van der Waals surface area contributed by atoms with Crippen molar-refractivity contribution in [1.29, 1.82) is 5.26 Å². The fourth-order valence-corrected chi connectivity index (χ4v) is 6.12. The van der Waals surface area contributed by atoms with E-state index in [1.165, 1.54) is 4.68 Å². The lowest BCUT2D eigenvalue weighted by atomic mass is 10.0. The topological polar surface area (TPSA) is 173 Å². The molecule has 4 heterocycles. The lowest BCUT2D eigenvalue weighted by Gasteiger charge is -2.27. The van der Waals surface area contributed by atoms with Gasteiger partial charge < -0.3 is 16.0 Å². The Balaban J connectivity index is 1.34. The quantitative estimate of drug-likeness (QED) is 0.306. The number of nitriles is 1. The number of pyridine rings is 1. The van der Waals surface area contributed by atoms with Crippen LogP contribution in [0.4, 0.5) is 5.82 Å². The van der Waals surface area contributed by atoms with Crippen molar-refractivity contribution in [3.8, 4) is 17.2 Å². The monoisotopic (exact) mass is 627 g/mol. The van der Waals surface area contributed by atoms with Crippen LogP contribution in [-0.2, 0) is 16.1 Å². The first-order valence-corrected chi connectivity index (χ1v) is 14.1. The summed E-state index contributed by atoms with van der Waals surface area (Å²) in [6.07, 6.45) is 4.55. The molecule has 6 rings (SSSR count). The smallest absolute Gasteiger partial charge is 0.269 e. The van der Waals surface area contributed by atoms with Crippen molar-refractivity contribution in [2.24, 2.45) is 11.1 Å². The molecule has 0 bridgehead atoms. The number of hydrogen-bond donors (Lipinski definition) is 2. The summed E-state index contributed by atoms with van der Waals surface area (Å²) in [6, 6.07) is 8.31. The summed E-state index contributed by atoms with van der Waals surface area (Å²) < 4.78 is 1.92. The number of primary amides is 1. The summed E-state index contributed by atoms with van der Waals surface area (Å²) in [5.41, 5.74) is 8.01. The number of rotatable bonds is 6. The van der Waals surface area contributed by atoms with Crippen LogP contribution in [0.3, 0.4) is 0 Å². The minimum absolute atomic E-state index is 0.0626. The van der Waals surface area contributed by atoms with Crippen LogP contribution in [0.15, 0.2) is 41.3 Å². The molecule has 1 aromatic carbocycles. The number of nitrogens with one attached hydrogen (secondary N) is 1. The van der Waals surface area contributed by atoms with Crippen LogP contribution in [0.25, 0.3) is 22.0 Å². The molecule has 4 aromatic rings. The summed E-state index contributed by atoms with van der Waals surface area (Å²) in [7, 11) is 0. The van der Waals surface area contributed by atoms with Gasteiger partial charge in [-0.2, -0.15) is 10.4 Å². The van der Waals surface area contributed by atoms with Crippen molar-refractivity contribution in [2.45, 2.75) is 52.2 Å². The van der Waals surface area contributed by atoms with Gasteiger partial charge in [0, 0.05) is 29.4 Å². The molecule has 13 heteroatoms. The third-order valence-electron chi connectivity index (χ3n) is 8.13. The highest BCUT2D eigenvalue weighted by atomic mass is 79.9. The fraction of sp³-hybridized carbons (Fsp3) is 0.310. The zero-order valence-electron chi connectivity index (χ0n) is 23.1. The van der Waals surface area contributed by atoms with Gasteiger partial charge in [0.25, 0.3) is 5.91 Å². The van der Waals surface area contributed by atoms with Gasteiger partial charge in [0.1, 0.15) is 34.9 Å². The van der Waals surface area contributed by atoms with Crippen molar-refractivity contribution in [2.75, 3.05) is 5.32 Å². The molecule has 1 saturated carbocycles. The highest BCUT2D eigenvalue weighted by Gasteiger charge is 2.64. The van der Waals surface area contributed by atoms with Crippen LogP contribution in [0, 0.1) is 30.6 Å². The summed E-state index contributed by atoms with van der Waals surface area (Å²) >= 11 is 3.33. The first-order chi connectivity index (χ1) is 20.0. The minimum Gasteiger partial charge on any atom is -0.364 e. The normalized spacial score (nSPS) is 20.7. The first kappa shape index (κ1) is 27.5. The van der Waals surface area contributed by atoms with E-state index in [1.54, 1.807) is 42.4 Å². The molecule has 42 heavy (non-hydrogen) atoms. The molecule has 2 fully saturated rings. The van der Waals surface area contributed by atoms with E-state index in [0.717, 1.165) is 12.0 Å². The van der Waals surface area contributed by atoms with Gasteiger partial charge >= 0.3 is 0 Å². The summed E-state index contributed by atoms with van der Waals surface area (Å²) in [6.45, 7) is 5.38. The number of nitrogens with two attached hydrogens (primary N) is 1. The molecule has 3 amide bonds. The number of aromatic nitrogens is 5. The Morgan fingerprint density at radius 2 is 1.90 bits per heavy atom. The molecule has 212 valence electrons. The van der Waals surface area contributed by atoms with Gasteiger partial charge in [-0.1, -0.05) is 13.0 Å². The number of amides is 3. The van der Waals surface area contributed by atoms with Crippen LogP contribution in [-0.4, -0.2) is 59.4 Å². The number of aryl methyl sites for hydroxylation is 2. The third kappa shape index (κ3) is 4.67. The maximum Gasteiger partial charge on any atom is 0.269 e. The van der Waals surface area contributed by atoms with Crippen LogP contribution < -0.4 is 11.1 Å². The molecule has 1 saturated heterocycles. The summed E-state index contributed by atoms with van der Waals surface area (Å²) in [5.74, 6) is -0.451. The molecule has 1 aliphatic carbocycles. The number of fused-ring (bicyclic) bond motifs is 2. The lowest BCUT2D eigenvalue weighted by molar-refractivity contribution is -0.138. The Morgan fingerprint density at radius 1 is 1.17 bits per heavy atom. The molecule has 3 atom stereocenters. The highest BCUT2D eigenvalue weighted by molar-refractivity contribution is 9.10. The number of piperidine rings is 1. The van der Waals surface area contributed by atoms with E-state index in [1.807, 2.05) is 13.0 Å². The van der Waals surface area contributed by atoms with E-state index in [9.17, 15) is 19.6 Å². The van der Waals surface area contributed by atoms with E-state index < -0.39 is 11.9 Å². The van der Waals surface area contributed by atoms with E-state index in [4.69, 9.17) is 5.73 Å². The molecular weight excluding hydrogens is 602 g/mol. The molecule has 0 spiro atoms. The van der Waals surface area contributed by atoms with Gasteiger partial charge in [0.15, 0.2) is 5.69 Å². The second-order valence-electron chi connectivity index (χ2n) is 11.1. The average Bonchev–Trinajstić information content (AvgIpc) is 3.31. The summed E-state index contributed by atoms with van der Waals surface area (Å²) in [4.78, 5) is 54.1. The molecule has 12 nitrogen and oxygen atoms in total. The largest absolute Gasteiger partial charge is 0.364 e. The molecule has 3 N–H and O–H groups in total. The maximum atomic E-state index is 13.9. The van der Waals surface area contributed by atoms with E-state index >= 15 is 0 Å². The fourth-order valence-electron chi connectivity index (χ4n) is 5.81. The second kappa shape index (κ2) is 9.99. The Bertz CT molecular complexity index is 1850. The number of likely N-dealkylation sites (tertiary alicyclic amines) is 1. The molecule has 1 aliphatic heterocycles. The first-order valence-electron chi connectivity index (χ1n) is 13.3. The number of nitrogens with zero attached hydrogens (tertiary/aromatic N) is 7. The lowest BCUT2D eigenvalue weighted by Crippen LogP contribution is -2.47. The number of benzene rings is 1. The van der Waals surface area contributed by atoms with E-state index in [-0.39, 0.29) is 41.1 Å². The van der Waals surface area contributed by atoms with Crippen molar-refractivity contribution in [1.82, 2.24) is 29.6 Å². The van der Waals surface area contributed by atoms with Crippen molar-refractivity contribution < 1.29 is 14.4 Å². The van der Waals surface area contributed by atoms with E-state index in [0.29, 0.717) is 44.7 Å². The number of halogens is 1. The third-order valence-corrected chi connectivity index (χ3v) is 8.57. The Labute approximate surface area is 249 Å². The molecule has 0 radical (unpaired) electrons. The minimum atomic E-state index is -0.794. The molecule has 0 unspecified atom stereocenters. The molecule has 3 aromatic heterocycles. The zero-order chi connectivity index (χ0) is 29.9. The van der Waals surface area contributed by atoms with Gasteiger partial charge in [-0.3, -0.25) is 19.1 Å². The summed E-state index contributed by atoms with van der Waals surface area (Å²) in [5, 5.41) is 17.6. The number of hydrogen-bond acceptors (Lipinski definition) is 8. The average molecular weight is 628 g/mol. The predicted octanol–water partition coefficient (Wildman–Crippen LogP) is 3.26. The molecular formula is C29H26BrN9O3. The van der Waals surface area contributed by atoms with Crippen LogP contribution >= 0.6 is 15.9 Å².